The van der Waals surface area contributed by atoms with Crippen molar-refractivity contribution in [2.45, 2.75) is 12.8 Å². The monoisotopic (exact) mass is 498 g/mol. The minimum atomic E-state index is -1.92. The second-order valence-electron chi connectivity index (χ2n) is 7.20. The van der Waals surface area contributed by atoms with Gasteiger partial charge in [0.2, 0.25) is 5.78 Å². The number of H-pyrrole nitrogens is 1. The third-order valence-electron chi connectivity index (χ3n) is 4.95. The number of nitrogens with one attached hydrogen (secondary N) is 3. The van der Waals surface area contributed by atoms with Gasteiger partial charge in [-0.2, -0.15) is 10.3 Å². The normalized spacial score (nSPS) is 13.1. The number of Topliss-reactive ketones (excluding diaryl/α,β-unsaturated/α-hetero) is 1. The number of anilines is 1. The Hall–Kier alpha value is -4.66. The second kappa shape index (κ2) is 11.2. The van der Waals surface area contributed by atoms with E-state index in [4.69, 9.17) is 15.8 Å². The molecule has 0 aliphatic rings. The summed E-state index contributed by atoms with van der Waals surface area (Å²) in [6, 6.07) is 9.82. The first kappa shape index (κ1) is 26.0. The number of carbonyl (C=O) groups excluding carboxylic acids is 3. The SMILES string of the molecule is CCOc1ccc(NC(=O)C(=O)C(/C(=N\N)C(=O)OC)c2nc3ccc([NH+]([O-])O)cc3[nH]c2=O)cc1. The largest absolute Gasteiger partial charge is 0.595 e. The van der Waals surface area contributed by atoms with Crippen molar-refractivity contribution in [2.24, 2.45) is 10.9 Å². The molecule has 0 fully saturated rings. The maximum atomic E-state index is 13.2. The third kappa shape index (κ3) is 5.52. The maximum absolute atomic E-state index is 13.2. The van der Waals surface area contributed by atoms with Crippen molar-refractivity contribution in [1.29, 1.82) is 0 Å². The number of amides is 1. The van der Waals surface area contributed by atoms with Crippen molar-refractivity contribution in [3.8, 4) is 5.75 Å². The molecule has 6 N–H and O–H groups in total. The molecule has 0 saturated heterocycles. The number of ether oxygens (including phenoxy) is 2. The zero-order valence-corrected chi connectivity index (χ0v) is 19.1. The van der Waals surface area contributed by atoms with Gasteiger partial charge in [0, 0.05) is 17.8 Å². The molecule has 0 bridgehead atoms. The summed E-state index contributed by atoms with van der Waals surface area (Å²) in [5.41, 5.74) is -2.01. The first-order valence-corrected chi connectivity index (χ1v) is 10.4. The van der Waals surface area contributed by atoms with Crippen LogP contribution in [0.25, 0.3) is 11.0 Å². The molecule has 14 heteroatoms. The molecule has 0 aliphatic carbocycles. The van der Waals surface area contributed by atoms with Gasteiger partial charge in [0.1, 0.15) is 17.4 Å². The van der Waals surface area contributed by atoms with Gasteiger partial charge >= 0.3 is 5.97 Å². The Morgan fingerprint density at radius 1 is 1.25 bits per heavy atom. The van der Waals surface area contributed by atoms with Gasteiger partial charge in [0.25, 0.3) is 11.5 Å². The Labute approximate surface area is 202 Å². The molecule has 2 unspecified atom stereocenters. The highest BCUT2D eigenvalue weighted by atomic mass is 16.8. The van der Waals surface area contributed by atoms with E-state index >= 15 is 0 Å². The Morgan fingerprint density at radius 3 is 2.53 bits per heavy atom. The maximum Gasteiger partial charge on any atom is 0.355 e. The van der Waals surface area contributed by atoms with Crippen molar-refractivity contribution in [3.63, 3.8) is 0 Å². The van der Waals surface area contributed by atoms with Gasteiger partial charge in [-0.1, -0.05) is 0 Å². The van der Waals surface area contributed by atoms with Crippen molar-refractivity contribution < 1.29 is 34.3 Å². The second-order valence-corrected chi connectivity index (χ2v) is 7.20. The van der Waals surface area contributed by atoms with Crippen LogP contribution in [0.4, 0.5) is 11.4 Å². The first-order valence-electron chi connectivity index (χ1n) is 10.4. The fourth-order valence-corrected chi connectivity index (χ4v) is 3.28. The van der Waals surface area contributed by atoms with Crippen molar-refractivity contribution in [3.05, 3.63) is 63.7 Å². The molecule has 0 saturated carbocycles. The predicted octanol–water partition coefficient (Wildman–Crippen LogP) is -0.496. The standard InChI is InChI=1S/C22H22N6O8/c1-3-36-13-7-4-11(5-8-13)24-21(31)19(29)16(18(27-23)22(32)35-2)17-20(30)26-15-10-12(28(33)34)6-9-14(15)25-17/h4-10,16,28,33H,3,23H2,1-2H3,(H,24,31)(H,26,30)/b27-18+. The molecular formula is C22H22N6O8. The topological polar surface area (TPSA) is 214 Å². The van der Waals surface area contributed by atoms with Gasteiger partial charge in [-0.3, -0.25) is 14.4 Å². The molecule has 2 atom stereocenters. The number of quaternary nitrogens is 1. The van der Waals surface area contributed by atoms with Crippen LogP contribution in [0.2, 0.25) is 0 Å². The number of methoxy groups -OCH3 is 1. The average Bonchev–Trinajstić information content (AvgIpc) is 2.87. The number of esters is 1. The van der Waals surface area contributed by atoms with E-state index in [1.165, 1.54) is 30.3 Å². The van der Waals surface area contributed by atoms with E-state index in [9.17, 15) is 24.4 Å². The van der Waals surface area contributed by atoms with Gasteiger partial charge in [0.15, 0.2) is 11.4 Å². The lowest BCUT2D eigenvalue weighted by atomic mass is 9.93. The minimum absolute atomic E-state index is 0.0537. The lowest BCUT2D eigenvalue weighted by molar-refractivity contribution is -0.991. The zero-order chi connectivity index (χ0) is 26.4. The number of ketones is 1. The molecule has 1 heterocycles. The summed E-state index contributed by atoms with van der Waals surface area (Å²) in [5.74, 6) is 0.337. The van der Waals surface area contributed by atoms with E-state index in [1.54, 1.807) is 19.1 Å². The average molecular weight is 498 g/mol. The van der Waals surface area contributed by atoms with Gasteiger partial charge < -0.3 is 30.8 Å². The van der Waals surface area contributed by atoms with E-state index in [2.05, 4.69) is 25.1 Å². The quantitative estimate of drug-likeness (QED) is 0.0838. The van der Waals surface area contributed by atoms with E-state index in [1.807, 2.05) is 0 Å². The highest BCUT2D eigenvalue weighted by Gasteiger charge is 2.39. The lowest BCUT2D eigenvalue weighted by Crippen LogP contribution is -2.99. The number of fused-ring (bicyclic) bond motifs is 1. The molecule has 3 rings (SSSR count). The van der Waals surface area contributed by atoms with Crippen LogP contribution < -0.4 is 26.7 Å². The van der Waals surface area contributed by atoms with Crippen LogP contribution in [0.1, 0.15) is 18.5 Å². The summed E-state index contributed by atoms with van der Waals surface area (Å²) < 4.78 is 9.93. The molecule has 2 aromatic carbocycles. The number of aromatic amines is 1. The number of rotatable bonds is 9. The fourth-order valence-electron chi connectivity index (χ4n) is 3.28. The minimum Gasteiger partial charge on any atom is -0.595 e. The number of nitrogens with two attached hydrogens (primary N) is 1. The van der Waals surface area contributed by atoms with Crippen LogP contribution in [0, 0.1) is 5.21 Å². The smallest absolute Gasteiger partial charge is 0.355 e. The summed E-state index contributed by atoms with van der Waals surface area (Å²) in [5, 5.41) is 24.8. The molecule has 1 aromatic heterocycles. The molecule has 0 aliphatic heterocycles. The summed E-state index contributed by atoms with van der Waals surface area (Å²) in [6.07, 6.45) is 0. The van der Waals surface area contributed by atoms with Gasteiger partial charge in [0.05, 0.1) is 24.8 Å². The number of carbonyl (C=O) groups is 3. The number of benzene rings is 2. The van der Waals surface area contributed by atoms with Crippen LogP contribution in [-0.4, -0.2) is 52.3 Å². The molecule has 188 valence electrons. The van der Waals surface area contributed by atoms with Gasteiger partial charge in [-0.05, 0) is 37.3 Å². The Bertz CT molecular complexity index is 1380. The van der Waals surface area contributed by atoms with E-state index < -0.39 is 45.8 Å². The zero-order valence-electron chi connectivity index (χ0n) is 19.1. The van der Waals surface area contributed by atoms with Crippen molar-refractivity contribution >= 4 is 45.8 Å². The molecule has 36 heavy (non-hydrogen) atoms. The summed E-state index contributed by atoms with van der Waals surface area (Å²) in [4.78, 5) is 57.7. The number of aromatic nitrogens is 2. The number of hydrazone groups is 1. The number of hydrogen-bond donors (Lipinski definition) is 5. The first-order chi connectivity index (χ1) is 17.2. The molecule has 14 nitrogen and oxygen atoms in total. The summed E-state index contributed by atoms with van der Waals surface area (Å²) in [6.45, 7) is 2.24. The molecule has 0 spiro atoms. The molecule has 3 aromatic rings. The molecule has 1 amide bonds. The predicted molar refractivity (Wildman–Crippen MR) is 126 cm³/mol. The number of hydrogen-bond acceptors (Lipinski definition) is 11. The van der Waals surface area contributed by atoms with Crippen LogP contribution in [0.15, 0.2) is 52.4 Å². The van der Waals surface area contributed by atoms with Crippen LogP contribution >= 0.6 is 0 Å². The van der Waals surface area contributed by atoms with Crippen molar-refractivity contribution in [1.82, 2.24) is 9.97 Å². The van der Waals surface area contributed by atoms with Crippen molar-refractivity contribution in [2.75, 3.05) is 19.0 Å². The fraction of sp³-hybridized carbons (Fsp3) is 0.182. The Balaban J connectivity index is 2.04. The van der Waals surface area contributed by atoms with E-state index in [-0.39, 0.29) is 22.4 Å². The summed E-state index contributed by atoms with van der Waals surface area (Å²) >= 11 is 0. The van der Waals surface area contributed by atoms with E-state index in [0.29, 0.717) is 12.4 Å². The third-order valence-corrected chi connectivity index (χ3v) is 4.95. The van der Waals surface area contributed by atoms with Gasteiger partial charge in [-0.15, -0.1) is 0 Å². The van der Waals surface area contributed by atoms with Gasteiger partial charge in [-0.25, -0.2) is 15.0 Å². The molecular weight excluding hydrogens is 476 g/mol. The highest BCUT2D eigenvalue weighted by molar-refractivity contribution is 6.53. The van der Waals surface area contributed by atoms with E-state index in [0.717, 1.165) is 7.11 Å². The summed E-state index contributed by atoms with van der Waals surface area (Å²) in [7, 11) is 1.00. The highest BCUT2D eigenvalue weighted by Crippen LogP contribution is 2.21. The Kier molecular flexibility index (Phi) is 8.06. The lowest BCUT2D eigenvalue weighted by Gasteiger charge is -2.16. The van der Waals surface area contributed by atoms with Crippen LogP contribution in [0.3, 0.4) is 0 Å². The molecule has 0 radical (unpaired) electrons. The van der Waals surface area contributed by atoms with Crippen LogP contribution in [0.5, 0.6) is 5.75 Å². The Morgan fingerprint density at radius 2 is 1.94 bits per heavy atom. The van der Waals surface area contributed by atoms with Crippen LogP contribution in [-0.2, 0) is 19.1 Å². The number of nitrogens with zero attached hydrogens (tertiary/aromatic N) is 2.